The number of hydrogen-bond acceptors (Lipinski definition) is 2. The third-order valence-electron chi connectivity index (χ3n) is 3.55. The molecule has 5 heteroatoms. The van der Waals surface area contributed by atoms with Gasteiger partial charge in [0.05, 0.1) is 6.42 Å². The van der Waals surface area contributed by atoms with Crippen molar-refractivity contribution in [2.75, 3.05) is 24.7 Å². The lowest BCUT2D eigenvalue weighted by Crippen LogP contribution is -2.23. The molecule has 2 aromatic carbocycles. The van der Waals surface area contributed by atoms with Crippen molar-refractivity contribution in [3.05, 3.63) is 59.2 Å². The largest absolute Gasteiger partial charge is 0.349 e. The molecule has 0 unspecified atom stereocenters. The standard InChI is InChI=1S/C19H23N3O2/c1-13-9-14(2)11-17(10-13)21-19(24)20-16-7-5-15(6-8-16)12-18(23)22(3)4/h5-11H,12H2,1-4H3,(H2,20,21,24). The summed E-state index contributed by atoms with van der Waals surface area (Å²) < 4.78 is 0. The molecule has 2 rings (SSSR count). The van der Waals surface area contributed by atoms with Crippen molar-refractivity contribution in [1.82, 2.24) is 4.90 Å². The highest BCUT2D eigenvalue weighted by Gasteiger charge is 2.07. The van der Waals surface area contributed by atoms with E-state index in [1.807, 2.05) is 38.1 Å². The molecule has 0 saturated carbocycles. The third kappa shape index (κ3) is 5.12. The van der Waals surface area contributed by atoms with Crippen LogP contribution in [-0.4, -0.2) is 30.9 Å². The van der Waals surface area contributed by atoms with Crippen LogP contribution in [0.3, 0.4) is 0 Å². The summed E-state index contributed by atoms with van der Waals surface area (Å²) in [5.41, 5.74) is 4.55. The van der Waals surface area contributed by atoms with E-state index in [1.54, 1.807) is 31.1 Å². The molecule has 24 heavy (non-hydrogen) atoms. The van der Waals surface area contributed by atoms with Gasteiger partial charge in [-0.15, -0.1) is 0 Å². The smallest absolute Gasteiger partial charge is 0.323 e. The second-order valence-electron chi connectivity index (χ2n) is 6.12. The van der Waals surface area contributed by atoms with Crippen LogP contribution in [0.15, 0.2) is 42.5 Å². The molecule has 0 atom stereocenters. The van der Waals surface area contributed by atoms with Gasteiger partial charge in [0.1, 0.15) is 0 Å². The fraction of sp³-hybridized carbons (Fsp3) is 0.263. The summed E-state index contributed by atoms with van der Waals surface area (Å²) in [6.07, 6.45) is 0.349. The molecule has 0 spiro atoms. The number of nitrogens with one attached hydrogen (secondary N) is 2. The minimum absolute atomic E-state index is 0.0447. The maximum atomic E-state index is 12.1. The Balaban J connectivity index is 1.95. The van der Waals surface area contributed by atoms with Crippen LogP contribution in [0.4, 0.5) is 16.2 Å². The van der Waals surface area contributed by atoms with Crippen molar-refractivity contribution in [3.8, 4) is 0 Å². The zero-order valence-corrected chi connectivity index (χ0v) is 14.5. The highest BCUT2D eigenvalue weighted by molar-refractivity contribution is 5.99. The first-order chi connectivity index (χ1) is 11.3. The average Bonchev–Trinajstić information content (AvgIpc) is 2.47. The predicted molar refractivity (Wildman–Crippen MR) is 97.4 cm³/mol. The van der Waals surface area contributed by atoms with Gasteiger partial charge in [0.2, 0.25) is 5.91 Å². The number of aryl methyl sites for hydroxylation is 2. The van der Waals surface area contributed by atoms with Gasteiger partial charge in [0, 0.05) is 25.5 Å². The van der Waals surface area contributed by atoms with E-state index in [2.05, 4.69) is 16.7 Å². The first kappa shape index (κ1) is 17.5. The van der Waals surface area contributed by atoms with Gasteiger partial charge in [-0.1, -0.05) is 18.2 Å². The van der Waals surface area contributed by atoms with Gasteiger partial charge in [0.15, 0.2) is 0 Å². The molecule has 0 saturated heterocycles. The maximum Gasteiger partial charge on any atom is 0.323 e. The number of rotatable bonds is 4. The van der Waals surface area contributed by atoms with E-state index in [0.717, 1.165) is 22.4 Å². The molecular weight excluding hydrogens is 302 g/mol. The van der Waals surface area contributed by atoms with Crippen molar-refractivity contribution in [3.63, 3.8) is 0 Å². The molecule has 0 aliphatic heterocycles. The zero-order chi connectivity index (χ0) is 17.7. The second kappa shape index (κ2) is 7.64. The Morgan fingerprint density at radius 1 is 0.875 bits per heavy atom. The fourth-order valence-electron chi connectivity index (χ4n) is 2.38. The van der Waals surface area contributed by atoms with Crippen molar-refractivity contribution < 1.29 is 9.59 Å². The van der Waals surface area contributed by atoms with Gasteiger partial charge in [-0.2, -0.15) is 0 Å². The Bertz CT molecular complexity index is 717. The summed E-state index contributed by atoms with van der Waals surface area (Å²) in [5, 5.41) is 5.61. The van der Waals surface area contributed by atoms with Gasteiger partial charge in [-0.3, -0.25) is 4.79 Å². The normalized spacial score (nSPS) is 10.2. The quantitative estimate of drug-likeness (QED) is 0.902. The summed E-state index contributed by atoms with van der Waals surface area (Å²) in [6.45, 7) is 3.98. The highest BCUT2D eigenvalue weighted by atomic mass is 16.2. The van der Waals surface area contributed by atoms with Crippen LogP contribution in [0.2, 0.25) is 0 Å². The van der Waals surface area contributed by atoms with Crippen molar-refractivity contribution in [2.24, 2.45) is 0 Å². The fourth-order valence-corrected chi connectivity index (χ4v) is 2.38. The molecule has 2 aromatic rings. The topological polar surface area (TPSA) is 61.4 Å². The van der Waals surface area contributed by atoms with Crippen molar-refractivity contribution >= 4 is 23.3 Å². The summed E-state index contributed by atoms with van der Waals surface area (Å²) in [6, 6.07) is 12.9. The monoisotopic (exact) mass is 325 g/mol. The van der Waals surface area contributed by atoms with E-state index in [1.165, 1.54) is 0 Å². The van der Waals surface area contributed by atoms with E-state index in [0.29, 0.717) is 12.1 Å². The first-order valence-corrected chi connectivity index (χ1v) is 7.79. The molecule has 126 valence electrons. The van der Waals surface area contributed by atoms with Gasteiger partial charge < -0.3 is 15.5 Å². The lowest BCUT2D eigenvalue weighted by Gasteiger charge is -2.11. The lowest BCUT2D eigenvalue weighted by atomic mass is 10.1. The molecule has 0 aliphatic rings. The molecule has 2 N–H and O–H groups in total. The molecule has 0 bridgehead atoms. The Hall–Kier alpha value is -2.82. The van der Waals surface area contributed by atoms with E-state index >= 15 is 0 Å². The average molecular weight is 325 g/mol. The number of amides is 3. The number of urea groups is 1. The Kier molecular flexibility index (Phi) is 5.58. The third-order valence-corrected chi connectivity index (χ3v) is 3.55. The Labute approximate surface area is 142 Å². The number of hydrogen-bond donors (Lipinski definition) is 2. The van der Waals surface area contributed by atoms with Crippen molar-refractivity contribution in [2.45, 2.75) is 20.3 Å². The SMILES string of the molecule is Cc1cc(C)cc(NC(=O)Nc2ccc(CC(=O)N(C)C)cc2)c1. The van der Waals surface area contributed by atoms with E-state index in [4.69, 9.17) is 0 Å². The molecule has 0 radical (unpaired) electrons. The van der Waals surface area contributed by atoms with Crippen LogP contribution < -0.4 is 10.6 Å². The molecule has 0 aromatic heterocycles. The van der Waals surface area contributed by atoms with Gasteiger partial charge >= 0.3 is 6.03 Å². The van der Waals surface area contributed by atoms with E-state index in [9.17, 15) is 9.59 Å². The van der Waals surface area contributed by atoms with Crippen LogP contribution in [0.5, 0.6) is 0 Å². The number of benzene rings is 2. The summed E-state index contributed by atoms with van der Waals surface area (Å²) in [7, 11) is 3.46. The molecule has 0 aliphatic carbocycles. The molecule has 5 nitrogen and oxygen atoms in total. The second-order valence-corrected chi connectivity index (χ2v) is 6.12. The van der Waals surface area contributed by atoms with Crippen LogP contribution in [0, 0.1) is 13.8 Å². The minimum Gasteiger partial charge on any atom is -0.349 e. The van der Waals surface area contributed by atoms with Crippen LogP contribution >= 0.6 is 0 Å². The zero-order valence-electron chi connectivity index (χ0n) is 14.5. The van der Waals surface area contributed by atoms with E-state index in [-0.39, 0.29) is 11.9 Å². The van der Waals surface area contributed by atoms with Gasteiger partial charge in [-0.25, -0.2) is 4.79 Å². The molecule has 3 amide bonds. The number of anilines is 2. The van der Waals surface area contributed by atoms with Crippen LogP contribution in [0.1, 0.15) is 16.7 Å². The van der Waals surface area contributed by atoms with Gasteiger partial charge in [-0.05, 0) is 54.8 Å². The Morgan fingerprint density at radius 2 is 1.42 bits per heavy atom. The molecule has 0 fully saturated rings. The van der Waals surface area contributed by atoms with Crippen LogP contribution in [0.25, 0.3) is 0 Å². The highest BCUT2D eigenvalue weighted by Crippen LogP contribution is 2.15. The number of likely N-dealkylation sites (N-methyl/N-ethyl adjacent to an activating group) is 1. The van der Waals surface area contributed by atoms with Crippen molar-refractivity contribution in [1.29, 1.82) is 0 Å². The number of carbonyl (C=O) groups excluding carboxylic acids is 2. The maximum absolute atomic E-state index is 12.1. The minimum atomic E-state index is -0.294. The van der Waals surface area contributed by atoms with Gasteiger partial charge in [0.25, 0.3) is 0 Å². The first-order valence-electron chi connectivity index (χ1n) is 7.79. The summed E-state index contributed by atoms with van der Waals surface area (Å²) in [5.74, 6) is 0.0447. The number of carbonyl (C=O) groups is 2. The molecule has 0 heterocycles. The summed E-state index contributed by atoms with van der Waals surface area (Å²) in [4.78, 5) is 25.3. The summed E-state index contributed by atoms with van der Waals surface area (Å²) >= 11 is 0. The molecular formula is C19H23N3O2. The number of nitrogens with zero attached hydrogens (tertiary/aromatic N) is 1. The van der Waals surface area contributed by atoms with Crippen LogP contribution in [-0.2, 0) is 11.2 Å². The van der Waals surface area contributed by atoms with E-state index < -0.39 is 0 Å². The lowest BCUT2D eigenvalue weighted by molar-refractivity contribution is -0.127. The predicted octanol–water partition coefficient (Wildman–Crippen LogP) is 3.58. The Morgan fingerprint density at radius 3 is 1.96 bits per heavy atom.